The molecule has 2 rings (SSSR count). The number of imidazole rings is 1. The molecule has 0 unspecified atom stereocenters. The van der Waals surface area contributed by atoms with Crippen LogP contribution in [0.3, 0.4) is 0 Å². The topological polar surface area (TPSA) is 80.4 Å². The lowest BCUT2D eigenvalue weighted by Crippen LogP contribution is -2.21. The van der Waals surface area contributed by atoms with Crippen LogP contribution in [0.5, 0.6) is 0 Å². The molecule has 0 amide bonds. The molecule has 0 bridgehead atoms. The van der Waals surface area contributed by atoms with Crippen LogP contribution >= 0.6 is 0 Å². The van der Waals surface area contributed by atoms with Crippen LogP contribution in [0.1, 0.15) is 12.2 Å². The van der Waals surface area contributed by atoms with E-state index in [9.17, 15) is 8.42 Å². The number of hydrogen-bond donors (Lipinski definition) is 1. The molecule has 0 atom stereocenters. The maximum absolute atomic E-state index is 11.9. The molecule has 0 aliphatic rings. The zero-order chi connectivity index (χ0) is 15.3. The highest BCUT2D eigenvalue weighted by Crippen LogP contribution is 2.16. The standard InChI is InChI=1S/C13H20N4O3S/c1-16(2)21(18,19)13-5-4-12(20-13)10-14-6-3-8-17-9-7-15-11-17/h4-5,7,9,11,14H,3,6,8,10H2,1-2H3. The fourth-order valence-electron chi connectivity index (χ4n) is 1.79. The van der Waals surface area contributed by atoms with Gasteiger partial charge in [0.2, 0.25) is 5.09 Å². The number of sulfonamides is 1. The molecule has 116 valence electrons. The molecule has 0 aliphatic heterocycles. The van der Waals surface area contributed by atoms with Crippen LogP contribution in [-0.4, -0.2) is 42.9 Å². The van der Waals surface area contributed by atoms with Crippen molar-refractivity contribution in [1.29, 1.82) is 0 Å². The number of rotatable bonds is 8. The minimum atomic E-state index is -3.49. The number of nitrogens with one attached hydrogen (secondary N) is 1. The SMILES string of the molecule is CN(C)S(=O)(=O)c1ccc(CNCCCn2ccnc2)o1. The molecule has 2 heterocycles. The van der Waals surface area contributed by atoms with Gasteiger partial charge >= 0.3 is 0 Å². The van der Waals surface area contributed by atoms with E-state index < -0.39 is 10.0 Å². The lowest BCUT2D eigenvalue weighted by Gasteiger charge is -2.08. The van der Waals surface area contributed by atoms with E-state index in [0.717, 1.165) is 23.8 Å². The Morgan fingerprint density at radius 1 is 1.38 bits per heavy atom. The summed E-state index contributed by atoms with van der Waals surface area (Å²) in [7, 11) is -0.536. The summed E-state index contributed by atoms with van der Waals surface area (Å²) in [5.41, 5.74) is 0. The molecule has 0 saturated heterocycles. The quantitative estimate of drug-likeness (QED) is 0.733. The van der Waals surface area contributed by atoms with E-state index in [1.54, 1.807) is 18.6 Å². The van der Waals surface area contributed by atoms with Gasteiger partial charge in [-0.3, -0.25) is 0 Å². The molecule has 21 heavy (non-hydrogen) atoms. The lowest BCUT2D eigenvalue weighted by molar-refractivity contribution is 0.388. The van der Waals surface area contributed by atoms with Crippen molar-refractivity contribution in [3.05, 3.63) is 36.6 Å². The van der Waals surface area contributed by atoms with Gasteiger partial charge in [-0.2, -0.15) is 0 Å². The molecule has 8 heteroatoms. The highest BCUT2D eigenvalue weighted by Gasteiger charge is 2.21. The number of furan rings is 1. The maximum atomic E-state index is 11.9. The molecule has 0 aromatic carbocycles. The Bertz CT molecular complexity index is 647. The van der Waals surface area contributed by atoms with Gasteiger partial charge in [0.25, 0.3) is 10.0 Å². The number of hydrogen-bond acceptors (Lipinski definition) is 5. The Morgan fingerprint density at radius 2 is 2.19 bits per heavy atom. The van der Waals surface area contributed by atoms with E-state index in [1.165, 1.54) is 20.2 Å². The summed E-state index contributed by atoms with van der Waals surface area (Å²) in [5, 5.41) is 3.20. The molecule has 2 aromatic rings. The second-order valence-electron chi connectivity index (χ2n) is 4.84. The maximum Gasteiger partial charge on any atom is 0.275 e. The van der Waals surface area contributed by atoms with Crippen LogP contribution in [0.25, 0.3) is 0 Å². The van der Waals surface area contributed by atoms with E-state index in [4.69, 9.17) is 4.42 Å². The van der Waals surface area contributed by atoms with Gasteiger partial charge in [-0.1, -0.05) is 0 Å². The molecular formula is C13H20N4O3S. The van der Waals surface area contributed by atoms with E-state index in [-0.39, 0.29) is 5.09 Å². The molecule has 1 N–H and O–H groups in total. The second-order valence-corrected chi connectivity index (χ2v) is 6.92. The summed E-state index contributed by atoms with van der Waals surface area (Å²) >= 11 is 0. The van der Waals surface area contributed by atoms with Crippen molar-refractivity contribution in [1.82, 2.24) is 19.2 Å². The third kappa shape index (κ3) is 4.16. The van der Waals surface area contributed by atoms with Crippen molar-refractivity contribution in [2.24, 2.45) is 0 Å². The molecule has 0 spiro atoms. The van der Waals surface area contributed by atoms with Crippen molar-refractivity contribution < 1.29 is 12.8 Å². The molecule has 2 aromatic heterocycles. The van der Waals surface area contributed by atoms with Gasteiger partial charge in [-0.25, -0.2) is 17.7 Å². The Labute approximate surface area is 124 Å². The van der Waals surface area contributed by atoms with Crippen LogP contribution < -0.4 is 5.32 Å². The summed E-state index contributed by atoms with van der Waals surface area (Å²) in [4.78, 5) is 3.98. The van der Waals surface area contributed by atoms with Crippen molar-refractivity contribution in [2.75, 3.05) is 20.6 Å². The van der Waals surface area contributed by atoms with Crippen molar-refractivity contribution >= 4 is 10.0 Å². The van der Waals surface area contributed by atoms with Gasteiger partial charge < -0.3 is 14.3 Å². The van der Waals surface area contributed by atoms with Crippen molar-refractivity contribution in [3.63, 3.8) is 0 Å². The normalized spacial score (nSPS) is 12.1. The third-order valence-corrected chi connectivity index (χ3v) is 4.69. The average Bonchev–Trinajstić information content (AvgIpc) is 3.09. The first kappa shape index (κ1) is 15.7. The van der Waals surface area contributed by atoms with E-state index in [0.29, 0.717) is 12.3 Å². The van der Waals surface area contributed by atoms with Crippen LogP contribution in [0, 0.1) is 0 Å². The monoisotopic (exact) mass is 312 g/mol. The number of nitrogens with zero attached hydrogens (tertiary/aromatic N) is 3. The fourth-order valence-corrected chi connectivity index (χ4v) is 2.60. The van der Waals surface area contributed by atoms with Gasteiger partial charge in [-0.05, 0) is 25.1 Å². The van der Waals surface area contributed by atoms with E-state index in [1.807, 2.05) is 10.8 Å². The zero-order valence-corrected chi connectivity index (χ0v) is 13.0. The fraction of sp³-hybridized carbons (Fsp3) is 0.462. The number of aromatic nitrogens is 2. The first-order valence-electron chi connectivity index (χ1n) is 6.68. The number of aryl methyl sites for hydroxylation is 1. The summed E-state index contributed by atoms with van der Waals surface area (Å²) < 4.78 is 32.2. The van der Waals surface area contributed by atoms with Crippen molar-refractivity contribution in [2.45, 2.75) is 24.6 Å². The summed E-state index contributed by atoms with van der Waals surface area (Å²) in [5.74, 6) is 0.609. The minimum absolute atomic E-state index is 0.0253. The average molecular weight is 312 g/mol. The Hall–Kier alpha value is -1.64. The van der Waals surface area contributed by atoms with Gasteiger partial charge in [0, 0.05) is 33.0 Å². The lowest BCUT2D eigenvalue weighted by atomic mass is 10.4. The molecule has 0 fully saturated rings. The van der Waals surface area contributed by atoms with Crippen LogP contribution in [-0.2, 0) is 23.1 Å². The Morgan fingerprint density at radius 3 is 2.86 bits per heavy atom. The van der Waals surface area contributed by atoms with E-state index in [2.05, 4.69) is 10.3 Å². The Kier molecular flexibility index (Phi) is 5.16. The Balaban J connectivity index is 1.76. The highest BCUT2D eigenvalue weighted by atomic mass is 32.2. The first-order chi connectivity index (χ1) is 10.00. The van der Waals surface area contributed by atoms with Gasteiger partial charge in [0.15, 0.2) is 0 Å². The molecular weight excluding hydrogens is 292 g/mol. The third-order valence-electron chi connectivity index (χ3n) is 3.00. The van der Waals surface area contributed by atoms with Crippen LogP contribution in [0.4, 0.5) is 0 Å². The molecule has 0 saturated carbocycles. The van der Waals surface area contributed by atoms with Crippen LogP contribution in [0.15, 0.2) is 40.4 Å². The predicted molar refractivity (Wildman–Crippen MR) is 78.1 cm³/mol. The summed E-state index contributed by atoms with van der Waals surface area (Å²) in [6.45, 7) is 2.22. The van der Waals surface area contributed by atoms with E-state index >= 15 is 0 Å². The molecule has 7 nitrogen and oxygen atoms in total. The van der Waals surface area contributed by atoms with Gasteiger partial charge in [0.1, 0.15) is 5.76 Å². The smallest absolute Gasteiger partial charge is 0.275 e. The summed E-state index contributed by atoms with van der Waals surface area (Å²) in [6, 6.07) is 3.16. The minimum Gasteiger partial charge on any atom is -0.447 e. The molecule has 0 radical (unpaired) electrons. The van der Waals surface area contributed by atoms with Crippen molar-refractivity contribution in [3.8, 4) is 0 Å². The van der Waals surface area contributed by atoms with Gasteiger partial charge in [0.05, 0.1) is 12.9 Å². The molecule has 0 aliphatic carbocycles. The highest BCUT2D eigenvalue weighted by molar-refractivity contribution is 7.88. The predicted octanol–water partition coefficient (Wildman–Crippen LogP) is 0.906. The first-order valence-corrected chi connectivity index (χ1v) is 8.12. The van der Waals surface area contributed by atoms with Gasteiger partial charge in [-0.15, -0.1) is 0 Å². The second kappa shape index (κ2) is 6.88. The van der Waals surface area contributed by atoms with Crippen LogP contribution in [0.2, 0.25) is 0 Å². The largest absolute Gasteiger partial charge is 0.447 e. The summed E-state index contributed by atoms with van der Waals surface area (Å²) in [6.07, 6.45) is 6.42. The zero-order valence-electron chi connectivity index (χ0n) is 12.2.